The molecule has 1 aliphatic heterocycles. The number of fused-ring (bicyclic) bond motifs is 1. The van der Waals surface area contributed by atoms with E-state index in [-0.39, 0.29) is 34.4 Å². The number of hydrogen-bond donors (Lipinski definition) is 2. The standard InChI is InChI=1S/C16H30N6OS.HI/c1-16(2,24-4)12-19-14(17-3)18-9-7-11-22-15(23)21-10-6-5-8-13(21)20-22;/h5-12H2,1-4H3,(H2,17,18,19);1H. The molecule has 25 heavy (non-hydrogen) atoms. The van der Waals surface area contributed by atoms with Gasteiger partial charge < -0.3 is 10.6 Å². The SMILES string of the molecule is CN=C(NCCCn1nc2n(c1=O)CCCC2)NCC(C)(C)SC.I. The molecule has 0 amide bonds. The number of hydrogen-bond acceptors (Lipinski definition) is 4. The van der Waals surface area contributed by atoms with E-state index in [4.69, 9.17) is 0 Å². The fourth-order valence-corrected chi connectivity index (χ4v) is 2.84. The van der Waals surface area contributed by atoms with Gasteiger partial charge in [0.25, 0.3) is 0 Å². The van der Waals surface area contributed by atoms with Crippen LogP contribution in [0.5, 0.6) is 0 Å². The van der Waals surface area contributed by atoms with Crippen LogP contribution in [0, 0.1) is 0 Å². The molecule has 0 unspecified atom stereocenters. The lowest BCUT2D eigenvalue weighted by molar-refractivity contribution is 0.509. The Labute approximate surface area is 171 Å². The van der Waals surface area contributed by atoms with Crippen molar-refractivity contribution in [3.63, 3.8) is 0 Å². The van der Waals surface area contributed by atoms with Crippen LogP contribution in [0.25, 0.3) is 0 Å². The van der Waals surface area contributed by atoms with Crippen molar-refractivity contribution in [2.75, 3.05) is 26.4 Å². The van der Waals surface area contributed by atoms with Gasteiger partial charge in [-0.3, -0.25) is 9.56 Å². The molecule has 0 bridgehead atoms. The van der Waals surface area contributed by atoms with E-state index in [1.165, 1.54) is 0 Å². The summed E-state index contributed by atoms with van der Waals surface area (Å²) in [5.41, 5.74) is 0.0360. The lowest BCUT2D eigenvalue weighted by Gasteiger charge is -2.23. The Balaban J connectivity index is 0.00000312. The number of nitrogens with one attached hydrogen (secondary N) is 2. The Hall–Kier alpha value is -0.710. The van der Waals surface area contributed by atoms with Gasteiger partial charge in [0.2, 0.25) is 0 Å². The van der Waals surface area contributed by atoms with Gasteiger partial charge in [-0.25, -0.2) is 9.48 Å². The molecule has 0 atom stereocenters. The summed E-state index contributed by atoms with van der Waals surface area (Å²) in [4.78, 5) is 16.5. The smallest absolute Gasteiger partial charge is 0.345 e. The zero-order valence-electron chi connectivity index (χ0n) is 15.7. The van der Waals surface area contributed by atoms with Crippen molar-refractivity contribution >= 4 is 41.7 Å². The molecule has 0 aliphatic carbocycles. The first-order chi connectivity index (χ1) is 11.5. The minimum absolute atomic E-state index is 0. The second kappa shape index (κ2) is 10.4. The van der Waals surface area contributed by atoms with E-state index in [1.807, 2.05) is 16.3 Å². The van der Waals surface area contributed by atoms with E-state index < -0.39 is 0 Å². The number of rotatable bonds is 7. The van der Waals surface area contributed by atoms with E-state index >= 15 is 0 Å². The molecule has 2 rings (SSSR count). The van der Waals surface area contributed by atoms with Crippen LogP contribution >= 0.6 is 35.7 Å². The largest absolute Gasteiger partial charge is 0.356 e. The van der Waals surface area contributed by atoms with E-state index in [1.54, 1.807) is 11.7 Å². The number of aryl methyl sites for hydroxylation is 2. The molecular formula is C16H31IN6OS. The van der Waals surface area contributed by atoms with Crippen molar-refractivity contribution in [1.29, 1.82) is 0 Å². The summed E-state index contributed by atoms with van der Waals surface area (Å²) in [5.74, 6) is 1.74. The zero-order chi connectivity index (χ0) is 17.6. The van der Waals surface area contributed by atoms with Crippen molar-refractivity contribution < 1.29 is 0 Å². The Morgan fingerprint density at radius 2 is 2.12 bits per heavy atom. The molecule has 0 aromatic carbocycles. The third kappa shape index (κ3) is 6.50. The second-order valence-electron chi connectivity index (χ2n) is 6.70. The predicted molar refractivity (Wildman–Crippen MR) is 116 cm³/mol. The van der Waals surface area contributed by atoms with Crippen molar-refractivity contribution in [1.82, 2.24) is 25.0 Å². The second-order valence-corrected chi connectivity index (χ2v) is 8.21. The van der Waals surface area contributed by atoms with Crippen molar-refractivity contribution in [3.8, 4) is 0 Å². The van der Waals surface area contributed by atoms with Gasteiger partial charge in [0.05, 0.1) is 0 Å². The van der Waals surface area contributed by atoms with E-state index in [9.17, 15) is 4.79 Å². The molecule has 9 heteroatoms. The Morgan fingerprint density at radius 3 is 2.76 bits per heavy atom. The first-order valence-corrected chi connectivity index (χ1v) is 9.85. The third-order valence-corrected chi connectivity index (χ3v) is 5.58. The first kappa shape index (κ1) is 22.3. The van der Waals surface area contributed by atoms with Gasteiger partial charge in [-0.15, -0.1) is 24.0 Å². The summed E-state index contributed by atoms with van der Waals surface area (Å²) in [5, 5.41) is 11.1. The average molecular weight is 482 g/mol. The summed E-state index contributed by atoms with van der Waals surface area (Å²) in [7, 11) is 1.77. The van der Waals surface area contributed by atoms with Gasteiger partial charge in [-0.1, -0.05) is 0 Å². The zero-order valence-corrected chi connectivity index (χ0v) is 18.8. The summed E-state index contributed by atoms with van der Waals surface area (Å²) in [6, 6.07) is 0. The maximum absolute atomic E-state index is 12.2. The first-order valence-electron chi connectivity index (χ1n) is 8.63. The Morgan fingerprint density at radius 1 is 1.36 bits per heavy atom. The van der Waals surface area contributed by atoms with Gasteiger partial charge in [0.1, 0.15) is 5.82 Å². The van der Waals surface area contributed by atoms with Crippen LogP contribution in [-0.2, 0) is 19.5 Å². The number of aliphatic imine (C=N–C) groups is 1. The third-order valence-electron chi connectivity index (χ3n) is 4.33. The highest BCUT2D eigenvalue weighted by atomic mass is 127. The maximum atomic E-state index is 12.2. The highest BCUT2D eigenvalue weighted by Crippen LogP contribution is 2.19. The van der Waals surface area contributed by atoms with Gasteiger partial charge in [0.15, 0.2) is 5.96 Å². The highest BCUT2D eigenvalue weighted by Gasteiger charge is 2.17. The van der Waals surface area contributed by atoms with E-state index in [0.29, 0.717) is 6.54 Å². The van der Waals surface area contributed by atoms with Crippen LogP contribution in [0.3, 0.4) is 0 Å². The molecular weight excluding hydrogens is 451 g/mol. The fraction of sp³-hybridized carbons (Fsp3) is 0.812. The van der Waals surface area contributed by atoms with Crippen LogP contribution < -0.4 is 16.3 Å². The number of guanidine groups is 1. The quantitative estimate of drug-likeness (QED) is 0.268. The van der Waals surface area contributed by atoms with Gasteiger partial charge in [0, 0.05) is 44.4 Å². The molecule has 7 nitrogen and oxygen atoms in total. The summed E-state index contributed by atoms with van der Waals surface area (Å²) < 4.78 is 3.59. The summed E-state index contributed by atoms with van der Waals surface area (Å²) >= 11 is 1.83. The molecule has 0 saturated carbocycles. The van der Waals surface area contributed by atoms with Crippen LogP contribution in [0.15, 0.2) is 9.79 Å². The van der Waals surface area contributed by atoms with Crippen LogP contribution in [0.4, 0.5) is 0 Å². The normalized spacial score (nSPS) is 14.6. The lowest BCUT2D eigenvalue weighted by atomic mass is 10.2. The number of aromatic nitrogens is 3. The minimum atomic E-state index is 0. The van der Waals surface area contributed by atoms with Crippen LogP contribution in [0.1, 0.15) is 38.9 Å². The number of nitrogens with zero attached hydrogens (tertiary/aromatic N) is 4. The Kier molecular flexibility index (Phi) is 9.33. The van der Waals surface area contributed by atoms with Crippen LogP contribution in [0.2, 0.25) is 0 Å². The molecule has 1 aliphatic rings. The van der Waals surface area contributed by atoms with Crippen molar-refractivity contribution in [3.05, 3.63) is 16.3 Å². The minimum Gasteiger partial charge on any atom is -0.356 e. The van der Waals surface area contributed by atoms with Gasteiger partial charge >= 0.3 is 5.69 Å². The lowest BCUT2D eigenvalue weighted by Crippen LogP contribution is -2.43. The molecule has 1 aromatic rings. The van der Waals surface area contributed by atoms with Gasteiger partial charge in [-0.05, 0) is 39.4 Å². The fourth-order valence-electron chi connectivity index (χ4n) is 2.62. The molecule has 144 valence electrons. The topological polar surface area (TPSA) is 76.2 Å². The maximum Gasteiger partial charge on any atom is 0.345 e. The predicted octanol–water partition coefficient (Wildman–Crippen LogP) is 1.70. The van der Waals surface area contributed by atoms with E-state index in [2.05, 4.69) is 40.8 Å². The Bertz CT molecular complexity index is 625. The molecule has 0 saturated heterocycles. The number of thioether (sulfide) groups is 1. The highest BCUT2D eigenvalue weighted by molar-refractivity contribution is 14.0. The molecule has 2 heterocycles. The monoisotopic (exact) mass is 482 g/mol. The number of halogens is 1. The average Bonchev–Trinajstić information content (AvgIpc) is 2.91. The molecule has 1 aromatic heterocycles. The molecule has 0 radical (unpaired) electrons. The molecule has 0 fully saturated rings. The summed E-state index contributed by atoms with van der Waals surface area (Å²) in [6.45, 7) is 7.46. The van der Waals surface area contributed by atoms with Gasteiger partial charge in [-0.2, -0.15) is 16.9 Å². The van der Waals surface area contributed by atoms with Crippen molar-refractivity contribution in [2.24, 2.45) is 4.99 Å². The van der Waals surface area contributed by atoms with E-state index in [0.717, 1.165) is 57.1 Å². The van der Waals surface area contributed by atoms with Crippen molar-refractivity contribution in [2.45, 2.75) is 57.4 Å². The molecule has 2 N–H and O–H groups in total. The molecule has 0 spiro atoms. The summed E-state index contributed by atoms with van der Waals surface area (Å²) in [6.07, 6.45) is 6.08. The van der Waals surface area contributed by atoms with Crippen LogP contribution in [-0.4, -0.2) is 51.4 Å².